The van der Waals surface area contributed by atoms with E-state index in [2.05, 4.69) is 137 Å². The number of benzene rings is 4. The van der Waals surface area contributed by atoms with Gasteiger partial charge in [-0.3, -0.25) is 0 Å². The summed E-state index contributed by atoms with van der Waals surface area (Å²) in [4.78, 5) is 5.22. The van der Waals surface area contributed by atoms with Gasteiger partial charge in [0.2, 0.25) is 0 Å². The Kier molecular flexibility index (Phi) is 14.4. The third kappa shape index (κ3) is 9.61. The first kappa shape index (κ1) is 41.1. The summed E-state index contributed by atoms with van der Waals surface area (Å²) in [6.07, 6.45) is 17.5. The molecule has 0 saturated carbocycles. The van der Waals surface area contributed by atoms with Crippen LogP contribution in [0.3, 0.4) is 0 Å². The molecule has 298 valence electrons. The van der Waals surface area contributed by atoms with Gasteiger partial charge in [-0.1, -0.05) is 116 Å². The van der Waals surface area contributed by atoms with Crippen molar-refractivity contribution in [3.05, 3.63) is 120 Å². The van der Waals surface area contributed by atoms with Crippen LogP contribution in [0.1, 0.15) is 129 Å². The quantitative estimate of drug-likeness (QED) is 0.0637. The summed E-state index contributed by atoms with van der Waals surface area (Å²) in [5, 5.41) is 0. The van der Waals surface area contributed by atoms with Crippen molar-refractivity contribution in [1.29, 1.82) is 0 Å². The molecule has 57 heavy (non-hydrogen) atoms. The molecule has 2 aromatic heterocycles. The number of ether oxygens (including phenoxy) is 2. The van der Waals surface area contributed by atoms with E-state index in [0.29, 0.717) is 0 Å². The highest BCUT2D eigenvalue weighted by Crippen LogP contribution is 2.55. The van der Waals surface area contributed by atoms with Crippen LogP contribution < -0.4 is 9.47 Å². The van der Waals surface area contributed by atoms with Gasteiger partial charge < -0.3 is 9.47 Å². The minimum absolute atomic E-state index is 0.00641. The monoisotopic (exact) mass is 794 g/mol. The molecule has 1 aliphatic rings. The lowest BCUT2D eigenvalue weighted by Crippen LogP contribution is -2.23. The molecule has 4 aromatic carbocycles. The van der Waals surface area contributed by atoms with Gasteiger partial charge in [-0.2, -0.15) is 0 Å². The summed E-state index contributed by atoms with van der Waals surface area (Å²) >= 11 is 3.76. The maximum Gasteiger partial charge on any atom is 0.119 e. The van der Waals surface area contributed by atoms with Gasteiger partial charge in [-0.15, -0.1) is 22.7 Å². The molecule has 0 saturated heterocycles. The zero-order valence-electron chi connectivity index (χ0n) is 34.8. The molecule has 0 atom stereocenters. The van der Waals surface area contributed by atoms with Gasteiger partial charge in [-0.25, -0.2) is 0 Å². The van der Waals surface area contributed by atoms with Crippen LogP contribution in [0.5, 0.6) is 11.5 Å². The van der Waals surface area contributed by atoms with Gasteiger partial charge in [0.1, 0.15) is 11.5 Å². The van der Waals surface area contributed by atoms with E-state index < -0.39 is 0 Å². The summed E-state index contributed by atoms with van der Waals surface area (Å²) in [7, 11) is 0. The molecule has 0 aliphatic heterocycles. The highest BCUT2D eigenvalue weighted by Gasteiger charge is 2.41. The van der Waals surface area contributed by atoms with Crippen LogP contribution >= 0.6 is 22.7 Å². The van der Waals surface area contributed by atoms with Gasteiger partial charge >= 0.3 is 0 Å². The van der Waals surface area contributed by atoms with Crippen LogP contribution in [0.15, 0.2) is 109 Å². The average Bonchev–Trinajstić information content (AvgIpc) is 4.01. The zero-order valence-corrected chi connectivity index (χ0v) is 36.5. The molecule has 0 amide bonds. The van der Waals surface area contributed by atoms with Crippen molar-refractivity contribution in [1.82, 2.24) is 0 Å². The maximum absolute atomic E-state index is 6.07. The van der Waals surface area contributed by atoms with Gasteiger partial charge in [0, 0.05) is 24.9 Å². The second-order valence-electron chi connectivity index (χ2n) is 15.9. The number of fused-ring (bicyclic) bond motifs is 3. The third-order valence-electron chi connectivity index (χ3n) is 12.2. The summed E-state index contributed by atoms with van der Waals surface area (Å²) in [5.74, 6) is 1.93. The van der Waals surface area contributed by atoms with Crippen molar-refractivity contribution in [3.8, 4) is 64.4 Å². The first-order valence-corrected chi connectivity index (χ1v) is 23.7. The summed E-state index contributed by atoms with van der Waals surface area (Å²) in [6.45, 7) is 10.9. The Balaban J connectivity index is 1.02. The maximum atomic E-state index is 6.07. The number of rotatable bonds is 22. The topological polar surface area (TPSA) is 18.5 Å². The molecular weight excluding hydrogens is 733 g/mol. The second-order valence-corrected chi connectivity index (χ2v) is 18.1. The van der Waals surface area contributed by atoms with Crippen LogP contribution in [0.4, 0.5) is 0 Å². The van der Waals surface area contributed by atoms with Crippen molar-refractivity contribution >= 4 is 22.7 Å². The van der Waals surface area contributed by atoms with E-state index in [1.807, 2.05) is 22.7 Å². The first-order valence-electron chi connectivity index (χ1n) is 22.0. The van der Waals surface area contributed by atoms with Crippen molar-refractivity contribution in [2.24, 2.45) is 0 Å². The molecule has 7 rings (SSSR count). The molecule has 1 aliphatic carbocycles. The molecule has 2 heterocycles. The largest absolute Gasteiger partial charge is 0.494 e. The van der Waals surface area contributed by atoms with Crippen LogP contribution in [0.25, 0.3) is 52.9 Å². The van der Waals surface area contributed by atoms with Crippen LogP contribution in [0, 0.1) is 0 Å². The van der Waals surface area contributed by atoms with E-state index in [4.69, 9.17) is 9.47 Å². The van der Waals surface area contributed by atoms with Crippen molar-refractivity contribution in [2.75, 3.05) is 13.2 Å². The third-order valence-corrected chi connectivity index (χ3v) is 14.5. The predicted molar refractivity (Wildman–Crippen MR) is 248 cm³/mol. The second kappa shape index (κ2) is 20.0. The number of unbranched alkanes of at least 4 members (excludes halogenated alkanes) is 10. The highest BCUT2D eigenvalue weighted by atomic mass is 32.1. The Morgan fingerprint density at radius 3 is 1.12 bits per heavy atom. The summed E-state index contributed by atoms with van der Waals surface area (Å²) in [5.41, 5.74) is 10.8. The Morgan fingerprint density at radius 2 is 0.737 bits per heavy atom. The first-order chi connectivity index (χ1) is 28.1. The normalized spacial score (nSPS) is 12.8. The lowest BCUT2D eigenvalue weighted by Gasteiger charge is -2.30. The van der Waals surface area contributed by atoms with Crippen molar-refractivity contribution in [3.63, 3.8) is 0 Å². The van der Waals surface area contributed by atoms with Crippen LogP contribution in [0.2, 0.25) is 0 Å². The van der Waals surface area contributed by atoms with Gasteiger partial charge in [-0.05, 0) is 155 Å². The standard InChI is InChI=1S/C53H62O2S2/c1-5-9-11-13-15-17-35-54-43-25-19-39(20-26-43)49-31-33-51(56-49)41-23-29-45-46-30-24-42(38-48(46)53(7-3,8-4)47(45)37-41)52-34-32-50(57-52)40-21-27-44(28-22-40)55-36-18-16-14-12-10-6-2/h19-34,37-38H,5-18,35-36H2,1-4H3. The van der Waals surface area contributed by atoms with Crippen molar-refractivity contribution in [2.45, 2.75) is 123 Å². The van der Waals surface area contributed by atoms with E-state index in [1.54, 1.807) is 0 Å². The van der Waals surface area contributed by atoms with Crippen LogP contribution in [-0.4, -0.2) is 13.2 Å². The fourth-order valence-electron chi connectivity index (χ4n) is 8.69. The van der Waals surface area contributed by atoms with Crippen LogP contribution in [-0.2, 0) is 5.41 Å². The number of hydrogen-bond acceptors (Lipinski definition) is 4. The van der Waals surface area contributed by atoms with Gasteiger partial charge in [0.15, 0.2) is 0 Å². The summed E-state index contributed by atoms with van der Waals surface area (Å²) in [6, 6.07) is 41.0. The lowest BCUT2D eigenvalue weighted by atomic mass is 9.73. The van der Waals surface area contributed by atoms with Crippen molar-refractivity contribution < 1.29 is 9.47 Å². The average molecular weight is 795 g/mol. The highest BCUT2D eigenvalue weighted by molar-refractivity contribution is 7.19. The minimum Gasteiger partial charge on any atom is -0.494 e. The fraction of sp³-hybridized carbons (Fsp3) is 0.396. The molecule has 0 bridgehead atoms. The SMILES string of the molecule is CCCCCCCCOc1ccc(-c2ccc(-c3ccc4c(c3)C(CC)(CC)c3cc(-c5ccc(-c6ccc(OCCCCCCCC)cc6)s5)ccc3-4)s2)cc1. The molecule has 0 unspecified atom stereocenters. The molecule has 4 heteroatoms. The Morgan fingerprint density at radius 1 is 0.386 bits per heavy atom. The number of hydrogen-bond donors (Lipinski definition) is 0. The smallest absolute Gasteiger partial charge is 0.119 e. The molecule has 0 N–H and O–H groups in total. The van der Waals surface area contributed by atoms with E-state index in [-0.39, 0.29) is 5.41 Å². The Bertz CT molecular complexity index is 2000. The predicted octanol–water partition coefficient (Wildman–Crippen LogP) is 17.0. The van der Waals surface area contributed by atoms with E-state index in [1.165, 1.54) is 128 Å². The summed E-state index contributed by atoms with van der Waals surface area (Å²) < 4.78 is 12.1. The van der Waals surface area contributed by atoms with Gasteiger partial charge in [0.05, 0.1) is 13.2 Å². The Hall–Kier alpha value is -4.12. The number of thiophene rings is 2. The molecular formula is C53H62O2S2. The lowest BCUT2D eigenvalue weighted by molar-refractivity contribution is 0.304. The zero-order chi connectivity index (χ0) is 39.5. The fourth-order valence-corrected chi connectivity index (χ4v) is 10.7. The van der Waals surface area contributed by atoms with E-state index in [0.717, 1.165) is 50.4 Å². The Labute approximate surface area is 351 Å². The molecule has 6 aromatic rings. The molecule has 0 spiro atoms. The van der Waals surface area contributed by atoms with Gasteiger partial charge in [0.25, 0.3) is 0 Å². The molecule has 0 radical (unpaired) electrons. The molecule has 0 fully saturated rings. The van der Waals surface area contributed by atoms with E-state index >= 15 is 0 Å². The van der Waals surface area contributed by atoms with E-state index in [9.17, 15) is 0 Å². The molecule has 2 nitrogen and oxygen atoms in total. The minimum atomic E-state index is -0.00641.